The quantitative estimate of drug-likeness (QED) is 0.321. The molecule has 0 aromatic rings. The number of ether oxygens (including phenoxy) is 1. The normalized spacial score (nSPS) is 21.5. The highest BCUT2D eigenvalue weighted by atomic mass is 16.5. The minimum Gasteiger partial charge on any atom is -0.481 e. The SMILES string of the molecule is CCCCCC(CCCCCC(C)C)OC(=O)C1CCCC(C(=O)O)C1. The summed E-state index contributed by atoms with van der Waals surface area (Å²) in [7, 11) is 0. The Morgan fingerprint density at radius 1 is 0.962 bits per heavy atom. The van der Waals surface area contributed by atoms with Crippen molar-refractivity contribution in [3.63, 3.8) is 0 Å². The summed E-state index contributed by atoms with van der Waals surface area (Å²) in [5, 5.41) is 9.22. The van der Waals surface area contributed by atoms with E-state index >= 15 is 0 Å². The Balaban J connectivity index is 2.43. The first-order valence-corrected chi connectivity index (χ1v) is 10.9. The van der Waals surface area contributed by atoms with E-state index in [0.717, 1.165) is 50.9 Å². The van der Waals surface area contributed by atoms with Crippen molar-refractivity contribution in [1.29, 1.82) is 0 Å². The molecule has 0 heterocycles. The average Bonchev–Trinajstić information content (AvgIpc) is 2.61. The van der Waals surface area contributed by atoms with Crippen molar-refractivity contribution in [2.24, 2.45) is 17.8 Å². The molecule has 0 aromatic heterocycles. The summed E-state index contributed by atoms with van der Waals surface area (Å²) in [6, 6.07) is 0. The van der Waals surface area contributed by atoms with Gasteiger partial charge in [0.15, 0.2) is 0 Å². The van der Waals surface area contributed by atoms with E-state index in [9.17, 15) is 14.7 Å². The third-order valence-corrected chi connectivity index (χ3v) is 5.58. The van der Waals surface area contributed by atoms with Gasteiger partial charge in [-0.2, -0.15) is 0 Å². The number of rotatable bonds is 13. The summed E-state index contributed by atoms with van der Waals surface area (Å²) < 4.78 is 5.86. The van der Waals surface area contributed by atoms with Crippen LogP contribution in [0.25, 0.3) is 0 Å². The van der Waals surface area contributed by atoms with E-state index in [0.29, 0.717) is 12.8 Å². The lowest BCUT2D eigenvalue weighted by atomic mass is 9.81. The van der Waals surface area contributed by atoms with Crippen LogP contribution in [0.1, 0.15) is 104 Å². The first-order chi connectivity index (χ1) is 12.4. The predicted octanol–water partition coefficient (Wildman–Crippen LogP) is 5.98. The molecule has 1 aliphatic carbocycles. The Labute approximate surface area is 160 Å². The van der Waals surface area contributed by atoms with Crippen LogP contribution in [0.4, 0.5) is 0 Å². The standard InChI is InChI=1S/C22H40O4/c1-4-5-7-14-20(15-9-6-8-11-17(2)3)26-22(25)19-13-10-12-18(16-19)21(23)24/h17-20H,4-16H2,1-3H3,(H,23,24). The number of carboxylic acids is 1. The molecule has 4 nitrogen and oxygen atoms in total. The fraction of sp³-hybridized carbons (Fsp3) is 0.909. The zero-order chi connectivity index (χ0) is 19.4. The van der Waals surface area contributed by atoms with E-state index in [1.807, 2.05) is 0 Å². The summed E-state index contributed by atoms with van der Waals surface area (Å²) >= 11 is 0. The molecule has 0 saturated heterocycles. The average molecular weight is 369 g/mol. The van der Waals surface area contributed by atoms with Crippen LogP contribution in [-0.2, 0) is 14.3 Å². The molecular weight excluding hydrogens is 328 g/mol. The molecule has 3 atom stereocenters. The number of hydrogen-bond acceptors (Lipinski definition) is 3. The van der Waals surface area contributed by atoms with Crippen LogP contribution in [0.5, 0.6) is 0 Å². The topological polar surface area (TPSA) is 63.6 Å². The van der Waals surface area contributed by atoms with Gasteiger partial charge in [-0.05, 0) is 50.9 Å². The number of aliphatic carboxylic acids is 1. The van der Waals surface area contributed by atoms with Crippen molar-refractivity contribution in [3.8, 4) is 0 Å². The molecule has 0 aliphatic heterocycles. The molecule has 1 N–H and O–H groups in total. The van der Waals surface area contributed by atoms with Crippen LogP contribution >= 0.6 is 0 Å². The number of carbonyl (C=O) groups excluding carboxylic acids is 1. The molecule has 0 radical (unpaired) electrons. The molecule has 1 fully saturated rings. The molecular formula is C22H40O4. The second-order valence-corrected chi connectivity index (χ2v) is 8.49. The third kappa shape index (κ3) is 9.59. The smallest absolute Gasteiger partial charge is 0.309 e. The van der Waals surface area contributed by atoms with E-state index in [-0.39, 0.29) is 23.9 Å². The van der Waals surface area contributed by atoms with Gasteiger partial charge in [-0.3, -0.25) is 9.59 Å². The molecule has 0 aromatic carbocycles. The van der Waals surface area contributed by atoms with Gasteiger partial charge in [0.25, 0.3) is 0 Å². The van der Waals surface area contributed by atoms with Gasteiger partial charge >= 0.3 is 11.9 Å². The molecule has 0 amide bonds. The Hall–Kier alpha value is -1.06. The van der Waals surface area contributed by atoms with Crippen molar-refractivity contribution in [3.05, 3.63) is 0 Å². The highest BCUT2D eigenvalue weighted by Crippen LogP contribution is 2.31. The molecule has 3 unspecified atom stereocenters. The van der Waals surface area contributed by atoms with E-state index in [1.54, 1.807) is 0 Å². The molecule has 1 aliphatic rings. The zero-order valence-electron chi connectivity index (χ0n) is 17.2. The van der Waals surface area contributed by atoms with Gasteiger partial charge in [-0.25, -0.2) is 0 Å². The van der Waals surface area contributed by atoms with Crippen LogP contribution in [0, 0.1) is 17.8 Å². The first kappa shape index (κ1) is 23.0. The molecule has 0 bridgehead atoms. The highest BCUT2D eigenvalue weighted by Gasteiger charge is 2.32. The van der Waals surface area contributed by atoms with E-state index in [4.69, 9.17) is 4.74 Å². The van der Waals surface area contributed by atoms with E-state index in [2.05, 4.69) is 20.8 Å². The van der Waals surface area contributed by atoms with Crippen molar-refractivity contribution in [1.82, 2.24) is 0 Å². The van der Waals surface area contributed by atoms with Crippen LogP contribution in [0.3, 0.4) is 0 Å². The van der Waals surface area contributed by atoms with Crippen LogP contribution in [-0.4, -0.2) is 23.1 Å². The summed E-state index contributed by atoms with van der Waals surface area (Å²) in [4.78, 5) is 23.8. The third-order valence-electron chi connectivity index (χ3n) is 5.58. The second-order valence-electron chi connectivity index (χ2n) is 8.49. The lowest BCUT2D eigenvalue weighted by Gasteiger charge is -2.27. The van der Waals surface area contributed by atoms with Crippen molar-refractivity contribution in [2.75, 3.05) is 0 Å². The summed E-state index contributed by atoms with van der Waals surface area (Å²) in [6.45, 7) is 6.69. The van der Waals surface area contributed by atoms with Crippen LogP contribution in [0.15, 0.2) is 0 Å². The minimum absolute atomic E-state index is 0.0123. The zero-order valence-corrected chi connectivity index (χ0v) is 17.2. The number of carbonyl (C=O) groups is 2. The summed E-state index contributed by atoms with van der Waals surface area (Å²) in [6.07, 6.45) is 12.9. The van der Waals surface area contributed by atoms with Crippen LogP contribution in [0.2, 0.25) is 0 Å². The van der Waals surface area contributed by atoms with Gasteiger partial charge in [0.05, 0.1) is 11.8 Å². The summed E-state index contributed by atoms with van der Waals surface area (Å²) in [5.41, 5.74) is 0. The largest absolute Gasteiger partial charge is 0.481 e. The molecule has 1 saturated carbocycles. The molecule has 26 heavy (non-hydrogen) atoms. The van der Waals surface area contributed by atoms with Gasteiger partial charge in [0, 0.05) is 0 Å². The maximum absolute atomic E-state index is 12.6. The maximum atomic E-state index is 12.6. The number of esters is 1. The van der Waals surface area contributed by atoms with Crippen molar-refractivity contribution < 1.29 is 19.4 Å². The lowest BCUT2D eigenvalue weighted by molar-refractivity contribution is -0.158. The fourth-order valence-electron chi connectivity index (χ4n) is 3.87. The monoisotopic (exact) mass is 368 g/mol. The predicted molar refractivity (Wildman–Crippen MR) is 105 cm³/mol. The number of hydrogen-bond donors (Lipinski definition) is 1. The maximum Gasteiger partial charge on any atom is 0.309 e. The molecule has 0 spiro atoms. The van der Waals surface area contributed by atoms with E-state index in [1.165, 1.54) is 25.7 Å². The minimum atomic E-state index is -0.771. The van der Waals surface area contributed by atoms with Gasteiger partial charge < -0.3 is 9.84 Å². The van der Waals surface area contributed by atoms with Gasteiger partial charge in [0.2, 0.25) is 0 Å². The van der Waals surface area contributed by atoms with Crippen molar-refractivity contribution >= 4 is 11.9 Å². The molecule has 152 valence electrons. The Morgan fingerprint density at radius 2 is 1.58 bits per heavy atom. The number of carboxylic acid groups (broad SMARTS) is 1. The Morgan fingerprint density at radius 3 is 2.19 bits per heavy atom. The van der Waals surface area contributed by atoms with Gasteiger partial charge in [-0.15, -0.1) is 0 Å². The van der Waals surface area contributed by atoms with Crippen molar-refractivity contribution in [2.45, 2.75) is 110 Å². The number of unbranched alkanes of at least 4 members (excludes halogenated alkanes) is 4. The van der Waals surface area contributed by atoms with E-state index < -0.39 is 5.97 Å². The molecule has 4 heteroatoms. The molecule has 1 rings (SSSR count). The van der Waals surface area contributed by atoms with Crippen LogP contribution < -0.4 is 0 Å². The second kappa shape index (κ2) is 13.2. The van der Waals surface area contributed by atoms with Gasteiger partial charge in [0.1, 0.15) is 6.10 Å². The fourth-order valence-corrected chi connectivity index (χ4v) is 3.87. The van der Waals surface area contributed by atoms with Gasteiger partial charge in [-0.1, -0.05) is 59.3 Å². The Bertz CT molecular complexity index is 405. The highest BCUT2D eigenvalue weighted by molar-refractivity contribution is 5.75. The Kier molecular flexibility index (Phi) is 11.6. The lowest BCUT2D eigenvalue weighted by Crippen LogP contribution is -2.31. The first-order valence-electron chi connectivity index (χ1n) is 10.9. The summed E-state index contributed by atoms with van der Waals surface area (Å²) in [5.74, 6) is -0.774.